The molecule has 0 heterocycles. The van der Waals surface area contributed by atoms with Gasteiger partial charge in [-0.3, -0.25) is 0 Å². The topological polar surface area (TPSA) is 23.9 Å². The largest absolute Gasteiger partial charge is 0.308 e. The van der Waals surface area contributed by atoms with Crippen molar-refractivity contribution in [3.8, 4) is 0 Å². The van der Waals surface area contributed by atoms with Crippen molar-refractivity contribution in [3.05, 3.63) is 48.1 Å². The number of hydrogen-bond donors (Lipinski definition) is 1. The van der Waals surface area contributed by atoms with Crippen LogP contribution in [0.3, 0.4) is 0 Å². The SMILES string of the molecule is C=C/C(C=N)=C(\C=C/C)/C=C\CC.CC. The summed E-state index contributed by atoms with van der Waals surface area (Å²) in [5, 5.41) is 7.18. The van der Waals surface area contributed by atoms with Gasteiger partial charge >= 0.3 is 0 Å². The molecule has 0 aromatic rings. The van der Waals surface area contributed by atoms with Crippen LogP contribution < -0.4 is 0 Å². The first-order valence-corrected chi connectivity index (χ1v) is 5.46. The molecule has 0 rings (SSSR count). The Morgan fingerprint density at radius 1 is 1.20 bits per heavy atom. The molecular formula is C14H23N. The summed E-state index contributed by atoms with van der Waals surface area (Å²) < 4.78 is 0. The Balaban J connectivity index is 0. The van der Waals surface area contributed by atoms with Crippen LogP contribution in [0, 0.1) is 5.41 Å². The zero-order chi connectivity index (χ0) is 12.1. The van der Waals surface area contributed by atoms with E-state index < -0.39 is 0 Å². The van der Waals surface area contributed by atoms with Gasteiger partial charge in [0, 0.05) is 6.21 Å². The predicted octanol–water partition coefficient (Wildman–Crippen LogP) is 4.69. The lowest BCUT2D eigenvalue weighted by Gasteiger charge is -1.97. The molecule has 0 saturated carbocycles. The smallest absolute Gasteiger partial charge is 0.0256 e. The van der Waals surface area contributed by atoms with E-state index in [4.69, 9.17) is 5.41 Å². The summed E-state index contributed by atoms with van der Waals surface area (Å²) in [6.07, 6.45) is 12.1. The van der Waals surface area contributed by atoms with E-state index in [1.165, 1.54) is 6.21 Å². The maximum absolute atomic E-state index is 7.18. The molecule has 0 bridgehead atoms. The molecule has 0 unspecified atom stereocenters. The molecular weight excluding hydrogens is 182 g/mol. The zero-order valence-corrected chi connectivity index (χ0v) is 10.4. The van der Waals surface area contributed by atoms with Crippen LogP contribution in [0.4, 0.5) is 0 Å². The normalized spacial score (nSPS) is 12.0. The molecule has 0 spiro atoms. The van der Waals surface area contributed by atoms with Crippen LogP contribution in [0.2, 0.25) is 0 Å². The molecule has 1 heteroatoms. The molecule has 1 N–H and O–H groups in total. The Labute approximate surface area is 94.4 Å². The third-order valence-corrected chi connectivity index (χ3v) is 1.59. The maximum Gasteiger partial charge on any atom is 0.0256 e. The van der Waals surface area contributed by atoms with Crippen molar-refractivity contribution in [2.75, 3.05) is 0 Å². The average molecular weight is 205 g/mol. The minimum Gasteiger partial charge on any atom is -0.308 e. The Hall–Kier alpha value is -1.37. The highest BCUT2D eigenvalue weighted by molar-refractivity contribution is 5.82. The molecule has 0 atom stereocenters. The van der Waals surface area contributed by atoms with Crippen LogP contribution in [0.5, 0.6) is 0 Å². The summed E-state index contributed by atoms with van der Waals surface area (Å²) in [5.74, 6) is 0. The van der Waals surface area contributed by atoms with Crippen LogP contribution in [0.15, 0.2) is 48.1 Å². The summed E-state index contributed by atoms with van der Waals surface area (Å²) in [7, 11) is 0. The molecule has 0 amide bonds. The monoisotopic (exact) mass is 205 g/mol. The van der Waals surface area contributed by atoms with Crippen molar-refractivity contribution < 1.29 is 0 Å². The average Bonchev–Trinajstić information content (AvgIpc) is 2.30. The number of allylic oxidation sites excluding steroid dienone is 7. The van der Waals surface area contributed by atoms with E-state index in [9.17, 15) is 0 Å². The van der Waals surface area contributed by atoms with Crippen molar-refractivity contribution in [2.24, 2.45) is 0 Å². The Kier molecular flexibility index (Phi) is 13.5. The summed E-state index contributed by atoms with van der Waals surface area (Å²) in [6.45, 7) is 11.7. The molecule has 0 aliphatic carbocycles. The van der Waals surface area contributed by atoms with Gasteiger partial charge in [-0.2, -0.15) is 0 Å². The Bertz CT molecular complexity index is 245. The van der Waals surface area contributed by atoms with Crippen molar-refractivity contribution in [1.29, 1.82) is 5.41 Å². The predicted molar refractivity (Wildman–Crippen MR) is 71.6 cm³/mol. The lowest BCUT2D eigenvalue weighted by atomic mass is 10.1. The molecule has 15 heavy (non-hydrogen) atoms. The van der Waals surface area contributed by atoms with Gasteiger partial charge in [0.2, 0.25) is 0 Å². The number of nitrogens with one attached hydrogen (secondary N) is 1. The summed E-state index contributed by atoms with van der Waals surface area (Å²) in [4.78, 5) is 0. The Morgan fingerprint density at radius 2 is 1.80 bits per heavy atom. The van der Waals surface area contributed by atoms with E-state index in [-0.39, 0.29) is 0 Å². The first kappa shape index (κ1) is 16.1. The van der Waals surface area contributed by atoms with Crippen LogP contribution >= 0.6 is 0 Å². The number of rotatable bonds is 5. The van der Waals surface area contributed by atoms with Crippen LogP contribution in [-0.4, -0.2) is 6.21 Å². The quantitative estimate of drug-likeness (QED) is 0.497. The zero-order valence-electron chi connectivity index (χ0n) is 10.4. The van der Waals surface area contributed by atoms with Gasteiger partial charge < -0.3 is 5.41 Å². The summed E-state index contributed by atoms with van der Waals surface area (Å²) in [6, 6.07) is 0. The van der Waals surface area contributed by atoms with Gasteiger partial charge in [0.15, 0.2) is 0 Å². The lowest BCUT2D eigenvalue weighted by Crippen LogP contribution is -1.84. The maximum atomic E-state index is 7.18. The molecule has 0 aromatic carbocycles. The van der Waals surface area contributed by atoms with Crippen LogP contribution in [-0.2, 0) is 0 Å². The van der Waals surface area contributed by atoms with Crippen molar-refractivity contribution in [2.45, 2.75) is 34.1 Å². The first-order chi connectivity index (χ1) is 7.29. The molecule has 0 fully saturated rings. The van der Waals surface area contributed by atoms with Crippen LogP contribution in [0.25, 0.3) is 0 Å². The van der Waals surface area contributed by atoms with E-state index in [1.807, 2.05) is 39.0 Å². The van der Waals surface area contributed by atoms with E-state index in [0.29, 0.717) is 0 Å². The third-order valence-electron chi connectivity index (χ3n) is 1.59. The second kappa shape index (κ2) is 12.6. The van der Waals surface area contributed by atoms with Gasteiger partial charge in [-0.25, -0.2) is 0 Å². The standard InChI is InChI=1S/C12H17N.C2H6/c1-4-7-9-12(8-5-2)11(6-3)10-13;1-2/h5-10,13H,3-4H2,1-2H3;1-2H3/b8-5-,9-7-,12-11-,13-10?;. The van der Waals surface area contributed by atoms with Gasteiger partial charge in [0.1, 0.15) is 0 Å². The van der Waals surface area contributed by atoms with Gasteiger partial charge in [0.05, 0.1) is 0 Å². The van der Waals surface area contributed by atoms with Gasteiger partial charge in [-0.15, -0.1) is 0 Å². The molecule has 1 nitrogen and oxygen atoms in total. The Morgan fingerprint density at radius 3 is 2.13 bits per heavy atom. The molecule has 0 aliphatic heterocycles. The van der Waals surface area contributed by atoms with E-state index in [1.54, 1.807) is 6.08 Å². The molecule has 0 aromatic heterocycles. The highest BCUT2D eigenvalue weighted by atomic mass is 14.3. The first-order valence-electron chi connectivity index (χ1n) is 5.46. The lowest BCUT2D eigenvalue weighted by molar-refractivity contribution is 1.22. The van der Waals surface area contributed by atoms with Crippen LogP contribution in [0.1, 0.15) is 34.1 Å². The van der Waals surface area contributed by atoms with Gasteiger partial charge in [0.25, 0.3) is 0 Å². The summed E-state index contributed by atoms with van der Waals surface area (Å²) >= 11 is 0. The van der Waals surface area contributed by atoms with E-state index in [0.717, 1.165) is 17.6 Å². The molecule has 0 saturated heterocycles. The van der Waals surface area contributed by atoms with E-state index >= 15 is 0 Å². The fraction of sp³-hybridized carbons (Fsp3) is 0.357. The minimum atomic E-state index is 0.850. The third kappa shape index (κ3) is 7.68. The molecule has 0 aliphatic rings. The van der Waals surface area contributed by atoms with Crippen molar-refractivity contribution in [1.82, 2.24) is 0 Å². The van der Waals surface area contributed by atoms with Gasteiger partial charge in [-0.1, -0.05) is 57.7 Å². The fourth-order valence-corrected chi connectivity index (χ4v) is 0.932. The van der Waals surface area contributed by atoms with Crippen molar-refractivity contribution >= 4 is 6.21 Å². The fourth-order valence-electron chi connectivity index (χ4n) is 0.932. The number of hydrogen-bond acceptors (Lipinski definition) is 1. The summed E-state index contributed by atoms with van der Waals surface area (Å²) in [5.41, 5.74) is 1.89. The second-order valence-corrected chi connectivity index (χ2v) is 2.57. The van der Waals surface area contributed by atoms with Gasteiger partial charge in [-0.05, 0) is 24.5 Å². The minimum absolute atomic E-state index is 0.850. The van der Waals surface area contributed by atoms with Crippen molar-refractivity contribution in [3.63, 3.8) is 0 Å². The molecule has 84 valence electrons. The highest BCUT2D eigenvalue weighted by Gasteiger charge is 1.92. The second-order valence-electron chi connectivity index (χ2n) is 2.57. The molecule has 0 radical (unpaired) electrons. The highest BCUT2D eigenvalue weighted by Crippen LogP contribution is 2.07. The van der Waals surface area contributed by atoms with E-state index in [2.05, 4.69) is 19.6 Å².